The number of nitrogens with one attached hydrogen (secondary N) is 1. The number of imidazole rings is 1. The molecule has 3 aromatic rings. The predicted octanol–water partition coefficient (Wildman–Crippen LogP) is 2.14. The Balaban J connectivity index is 1.57. The van der Waals surface area contributed by atoms with Crippen molar-refractivity contribution in [1.29, 1.82) is 0 Å². The van der Waals surface area contributed by atoms with Gasteiger partial charge in [0.25, 0.3) is 0 Å². The van der Waals surface area contributed by atoms with E-state index in [1.165, 1.54) is 6.33 Å². The Morgan fingerprint density at radius 1 is 1.46 bits per heavy atom. The third kappa shape index (κ3) is 3.73. The second-order valence-electron chi connectivity index (χ2n) is 5.87. The van der Waals surface area contributed by atoms with Crippen LogP contribution < -0.4 is 0 Å². The number of likely N-dealkylation sites (N-methyl/N-ethyl adjacent to an activating group) is 1. The lowest BCUT2D eigenvalue weighted by atomic mass is 10.1. The zero-order valence-electron chi connectivity index (χ0n) is 13.6. The summed E-state index contributed by atoms with van der Waals surface area (Å²) in [5.41, 5.74) is 1.79. The fraction of sp³-hybridized carbons (Fsp3) is 0.375. The molecule has 1 aromatic carbocycles. The number of hydrogen-bond donors (Lipinski definition) is 1. The molecule has 2 aromatic heterocycles. The Labute approximate surface area is 144 Å². The minimum absolute atomic E-state index is 0.0738. The third-order valence-electron chi connectivity index (χ3n) is 3.90. The number of H-pyrrole nitrogens is 1. The number of fused-ring (bicyclic) bond motifs is 1. The number of carbonyl (C=O) groups excluding carboxylic acids is 1. The summed E-state index contributed by atoms with van der Waals surface area (Å²) in [5.74, 6) is 0.756. The lowest BCUT2D eigenvalue weighted by Crippen LogP contribution is -2.35. The minimum Gasteiger partial charge on any atom is -0.345 e. The molecule has 0 fully saturated rings. The topological polar surface area (TPSA) is 79.7 Å². The normalized spacial score (nSPS) is 12.5. The molecule has 0 bridgehead atoms. The van der Waals surface area contributed by atoms with Gasteiger partial charge in [0.05, 0.1) is 23.5 Å². The Bertz CT molecular complexity index is 828. The van der Waals surface area contributed by atoms with Crippen LogP contribution in [0.1, 0.15) is 12.7 Å². The number of halogens is 1. The van der Waals surface area contributed by atoms with Crippen LogP contribution in [-0.2, 0) is 17.8 Å². The quantitative estimate of drug-likeness (QED) is 0.741. The zero-order chi connectivity index (χ0) is 17.1. The number of hydrogen-bond acceptors (Lipinski definition) is 4. The van der Waals surface area contributed by atoms with E-state index in [-0.39, 0.29) is 11.8 Å². The summed E-state index contributed by atoms with van der Waals surface area (Å²) in [6.07, 6.45) is 3.74. The summed E-state index contributed by atoms with van der Waals surface area (Å²) in [4.78, 5) is 25.8. The molecule has 8 heteroatoms. The highest BCUT2D eigenvalue weighted by Gasteiger charge is 2.18. The average molecular weight is 347 g/mol. The van der Waals surface area contributed by atoms with E-state index in [2.05, 4.69) is 20.1 Å². The smallest absolute Gasteiger partial charge is 0.227 e. The molecule has 0 aliphatic heterocycles. The minimum atomic E-state index is -0.161. The number of nitrogens with zero attached hydrogens (tertiary/aromatic N) is 5. The molecule has 1 N–H and O–H groups in total. The van der Waals surface area contributed by atoms with Crippen molar-refractivity contribution in [2.45, 2.75) is 19.9 Å². The SMILES string of the molecule is C[C@@H](Cn1cncn1)C(=O)N(C)CCc1nc2ccc(Cl)cc2[nH]1. The molecule has 1 atom stereocenters. The van der Waals surface area contributed by atoms with Gasteiger partial charge in [-0.15, -0.1) is 0 Å². The number of aromatic nitrogens is 5. The van der Waals surface area contributed by atoms with Gasteiger partial charge in [0.15, 0.2) is 0 Å². The molecular formula is C16H19ClN6O. The first kappa shape index (κ1) is 16.4. The van der Waals surface area contributed by atoms with Crippen molar-refractivity contribution in [2.75, 3.05) is 13.6 Å². The van der Waals surface area contributed by atoms with E-state index in [1.807, 2.05) is 25.1 Å². The largest absolute Gasteiger partial charge is 0.345 e. The molecule has 0 spiro atoms. The van der Waals surface area contributed by atoms with Crippen molar-refractivity contribution in [1.82, 2.24) is 29.6 Å². The lowest BCUT2D eigenvalue weighted by Gasteiger charge is -2.20. The van der Waals surface area contributed by atoms with E-state index in [9.17, 15) is 4.79 Å². The molecule has 0 aliphatic carbocycles. The van der Waals surface area contributed by atoms with Crippen LogP contribution in [0.25, 0.3) is 11.0 Å². The third-order valence-corrected chi connectivity index (χ3v) is 4.14. The maximum atomic E-state index is 12.4. The van der Waals surface area contributed by atoms with Crippen LogP contribution in [-0.4, -0.2) is 49.1 Å². The van der Waals surface area contributed by atoms with Gasteiger partial charge in [-0.3, -0.25) is 9.48 Å². The average Bonchev–Trinajstić information content (AvgIpc) is 3.20. The Morgan fingerprint density at radius 2 is 2.29 bits per heavy atom. The van der Waals surface area contributed by atoms with E-state index in [0.717, 1.165) is 16.9 Å². The van der Waals surface area contributed by atoms with Crippen LogP contribution in [0.3, 0.4) is 0 Å². The summed E-state index contributed by atoms with van der Waals surface area (Å²) in [5, 5.41) is 4.71. The van der Waals surface area contributed by atoms with Crippen molar-refractivity contribution in [3.05, 3.63) is 41.7 Å². The molecule has 24 heavy (non-hydrogen) atoms. The van der Waals surface area contributed by atoms with Crippen molar-refractivity contribution >= 4 is 28.5 Å². The Morgan fingerprint density at radius 3 is 3.04 bits per heavy atom. The summed E-state index contributed by atoms with van der Waals surface area (Å²) < 4.78 is 1.67. The molecular weight excluding hydrogens is 328 g/mol. The number of rotatable bonds is 6. The molecule has 0 saturated carbocycles. The van der Waals surface area contributed by atoms with Gasteiger partial charge in [-0.1, -0.05) is 18.5 Å². The molecule has 0 saturated heterocycles. The van der Waals surface area contributed by atoms with Gasteiger partial charge >= 0.3 is 0 Å². The van der Waals surface area contributed by atoms with E-state index >= 15 is 0 Å². The second-order valence-corrected chi connectivity index (χ2v) is 6.31. The summed E-state index contributed by atoms with van der Waals surface area (Å²) in [7, 11) is 1.81. The highest BCUT2D eigenvalue weighted by Crippen LogP contribution is 2.17. The molecule has 0 radical (unpaired) electrons. The number of carbonyl (C=O) groups is 1. The fourth-order valence-corrected chi connectivity index (χ4v) is 2.77. The highest BCUT2D eigenvalue weighted by molar-refractivity contribution is 6.31. The van der Waals surface area contributed by atoms with Gasteiger partial charge in [0, 0.05) is 25.0 Å². The lowest BCUT2D eigenvalue weighted by molar-refractivity contribution is -0.134. The van der Waals surface area contributed by atoms with Crippen LogP contribution >= 0.6 is 11.6 Å². The molecule has 126 valence electrons. The van der Waals surface area contributed by atoms with Gasteiger partial charge < -0.3 is 9.88 Å². The molecule has 7 nitrogen and oxygen atoms in total. The summed E-state index contributed by atoms with van der Waals surface area (Å²) in [6.45, 7) is 3.00. The number of benzene rings is 1. The molecule has 0 aliphatic rings. The molecule has 2 heterocycles. The summed E-state index contributed by atoms with van der Waals surface area (Å²) in [6, 6.07) is 5.55. The van der Waals surface area contributed by atoms with E-state index in [4.69, 9.17) is 11.6 Å². The first-order chi connectivity index (χ1) is 11.5. The van der Waals surface area contributed by atoms with Crippen LogP contribution in [0.2, 0.25) is 5.02 Å². The summed E-state index contributed by atoms with van der Waals surface area (Å²) >= 11 is 5.98. The van der Waals surface area contributed by atoms with Gasteiger partial charge in [0.2, 0.25) is 5.91 Å². The van der Waals surface area contributed by atoms with Crippen LogP contribution in [0, 0.1) is 5.92 Å². The number of amides is 1. The van der Waals surface area contributed by atoms with Crippen molar-refractivity contribution in [3.8, 4) is 0 Å². The predicted molar refractivity (Wildman–Crippen MR) is 91.6 cm³/mol. The maximum absolute atomic E-state index is 12.4. The first-order valence-electron chi connectivity index (χ1n) is 7.74. The number of aromatic amines is 1. The second kappa shape index (κ2) is 7.00. The first-order valence-corrected chi connectivity index (χ1v) is 8.12. The van der Waals surface area contributed by atoms with Gasteiger partial charge in [-0.2, -0.15) is 5.10 Å². The van der Waals surface area contributed by atoms with Crippen molar-refractivity contribution < 1.29 is 4.79 Å². The molecule has 3 rings (SSSR count). The van der Waals surface area contributed by atoms with Gasteiger partial charge in [-0.05, 0) is 18.2 Å². The zero-order valence-corrected chi connectivity index (χ0v) is 14.4. The van der Waals surface area contributed by atoms with Crippen LogP contribution in [0.4, 0.5) is 0 Å². The monoisotopic (exact) mass is 346 g/mol. The standard InChI is InChI=1S/C16H19ClN6O/c1-11(8-23-10-18-9-19-23)16(24)22(2)6-5-15-20-13-4-3-12(17)7-14(13)21-15/h3-4,7,9-11H,5-6,8H2,1-2H3,(H,20,21)/t11-/m0/s1. The Kier molecular flexibility index (Phi) is 4.80. The highest BCUT2D eigenvalue weighted by atomic mass is 35.5. The fourth-order valence-electron chi connectivity index (χ4n) is 2.60. The van der Waals surface area contributed by atoms with Gasteiger partial charge in [0.1, 0.15) is 18.5 Å². The molecule has 0 unspecified atom stereocenters. The van der Waals surface area contributed by atoms with E-state index < -0.39 is 0 Å². The van der Waals surface area contributed by atoms with E-state index in [1.54, 1.807) is 23.0 Å². The van der Waals surface area contributed by atoms with E-state index in [0.29, 0.717) is 24.5 Å². The van der Waals surface area contributed by atoms with Crippen molar-refractivity contribution in [2.24, 2.45) is 5.92 Å². The van der Waals surface area contributed by atoms with Gasteiger partial charge in [-0.25, -0.2) is 9.97 Å². The van der Waals surface area contributed by atoms with Crippen molar-refractivity contribution in [3.63, 3.8) is 0 Å². The maximum Gasteiger partial charge on any atom is 0.227 e. The molecule has 1 amide bonds. The van der Waals surface area contributed by atoms with Crippen LogP contribution in [0.5, 0.6) is 0 Å². The van der Waals surface area contributed by atoms with Crippen LogP contribution in [0.15, 0.2) is 30.9 Å². The Hall–Kier alpha value is -2.41.